The molecule has 0 aromatic carbocycles. The smallest absolute Gasteiger partial charge is 0.324 e. The van der Waals surface area contributed by atoms with Crippen LogP contribution in [-0.2, 0) is 19.7 Å². The summed E-state index contributed by atoms with van der Waals surface area (Å²) in [7, 11) is -3.87. The van der Waals surface area contributed by atoms with Gasteiger partial charge in [0, 0.05) is 0 Å². The maximum atomic E-state index is 11.2. The Labute approximate surface area is 84.0 Å². The van der Waals surface area contributed by atoms with Crippen molar-refractivity contribution < 1.29 is 17.9 Å². The first-order valence-electron chi connectivity index (χ1n) is 4.04. The Balaban J connectivity index is 4.29. The van der Waals surface area contributed by atoms with Crippen LogP contribution in [0.15, 0.2) is 0 Å². The summed E-state index contributed by atoms with van der Waals surface area (Å²) in [6, 6.07) is -0.982. The second-order valence-electron chi connectivity index (χ2n) is 3.92. The highest BCUT2D eigenvalue weighted by atomic mass is 32.2. The van der Waals surface area contributed by atoms with Gasteiger partial charge in [0.2, 0.25) is 0 Å². The molecule has 7 heteroatoms. The lowest BCUT2D eigenvalue weighted by molar-refractivity contribution is -0.156. The van der Waals surface area contributed by atoms with Gasteiger partial charge in [-0.25, -0.2) is 5.14 Å². The van der Waals surface area contributed by atoms with E-state index in [0.29, 0.717) is 0 Å². The maximum absolute atomic E-state index is 11.2. The Bertz CT molecular complexity index is 304. The standard InChI is InChI=1S/C7H16N2O4S/c1-5(9-14(8,11)12)6(10)13-7(2,3)4/h5,9H,1-4H3,(H2,8,11,12)/t5-/m1/s1. The second kappa shape index (κ2) is 4.24. The van der Waals surface area contributed by atoms with Crippen LogP contribution in [0.1, 0.15) is 27.7 Å². The molecule has 0 saturated heterocycles. The van der Waals surface area contributed by atoms with Crippen molar-refractivity contribution in [1.29, 1.82) is 0 Å². The van der Waals surface area contributed by atoms with Crippen molar-refractivity contribution in [3.05, 3.63) is 0 Å². The van der Waals surface area contributed by atoms with E-state index in [0.717, 1.165) is 0 Å². The minimum absolute atomic E-state index is 0.647. The van der Waals surface area contributed by atoms with Crippen molar-refractivity contribution in [2.75, 3.05) is 0 Å². The van der Waals surface area contributed by atoms with Crippen LogP contribution in [-0.4, -0.2) is 26.0 Å². The third kappa shape index (κ3) is 6.81. The molecule has 0 spiro atoms. The molecule has 0 rings (SSSR count). The fraction of sp³-hybridized carbons (Fsp3) is 0.857. The molecule has 0 aliphatic rings. The molecule has 6 nitrogen and oxygen atoms in total. The number of hydrogen-bond donors (Lipinski definition) is 2. The lowest BCUT2D eigenvalue weighted by Crippen LogP contribution is -2.44. The molecule has 0 unspecified atom stereocenters. The van der Waals surface area contributed by atoms with E-state index >= 15 is 0 Å². The summed E-state index contributed by atoms with van der Waals surface area (Å²) in [5.74, 6) is -0.661. The number of carbonyl (C=O) groups excluding carboxylic acids is 1. The first-order chi connectivity index (χ1) is 6.01. The number of hydrogen-bond acceptors (Lipinski definition) is 4. The Morgan fingerprint density at radius 2 is 1.86 bits per heavy atom. The van der Waals surface area contributed by atoms with E-state index in [1.54, 1.807) is 20.8 Å². The van der Waals surface area contributed by atoms with Crippen LogP contribution in [0.25, 0.3) is 0 Å². The molecule has 0 saturated carbocycles. The molecule has 0 fully saturated rings. The number of nitrogens with one attached hydrogen (secondary N) is 1. The number of carbonyl (C=O) groups is 1. The molecule has 0 aliphatic heterocycles. The number of ether oxygens (including phenoxy) is 1. The maximum Gasteiger partial charge on any atom is 0.324 e. The van der Waals surface area contributed by atoms with E-state index in [1.807, 2.05) is 4.72 Å². The first-order valence-corrected chi connectivity index (χ1v) is 5.59. The zero-order chi connectivity index (χ0) is 11.6. The van der Waals surface area contributed by atoms with E-state index < -0.39 is 27.8 Å². The lowest BCUT2D eigenvalue weighted by Gasteiger charge is -2.22. The molecule has 0 heterocycles. The van der Waals surface area contributed by atoms with Crippen LogP contribution in [0, 0.1) is 0 Å². The summed E-state index contributed by atoms with van der Waals surface area (Å²) >= 11 is 0. The van der Waals surface area contributed by atoms with E-state index in [4.69, 9.17) is 9.88 Å². The van der Waals surface area contributed by atoms with Gasteiger partial charge in [-0.2, -0.15) is 13.1 Å². The minimum atomic E-state index is -3.87. The lowest BCUT2D eigenvalue weighted by atomic mass is 10.2. The van der Waals surface area contributed by atoms with Crippen LogP contribution in [0.3, 0.4) is 0 Å². The molecular weight excluding hydrogens is 208 g/mol. The average molecular weight is 224 g/mol. The van der Waals surface area contributed by atoms with Crippen LogP contribution >= 0.6 is 0 Å². The molecular formula is C7H16N2O4S. The molecule has 0 aromatic rings. The fourth-order valence-corrected chi connectivity index (χ4v) is 1.27. The van der Waals surface area contributed by atoms with Gasteiger partial charge in [-0.05, 0) is 27.7 Å². The normalized spacial score (nSPS) is 14.9. The first kappa shape index (κ1) is 13.3. The topological polar surface area (TPSA) is 98.5 Å². The van der Waals surface area contributed by atoms with Gasteiger partial charge in [0.25, 0.3) is 10.2 Å². The molecule has 84 valence electrons. The van der Waals surface area contributed by atoms with Gasteiger partial charge in [0.15, 0.2) is 0 Å². The van der Waals surface area contributed by atoms with Crippen molar-refractivity contribution in [2.24, 2.45) is 5.14 Å². The fourth-order valence-electron chi connectivity index (χ4n) is 0.685. The van der Waals surface area contributed by atoms with Gasteiger partial charge in [-0.3, -0.25) is 4.79 Å². The summed E-state index contributed by atoms with van der Waals surface area (Å²) in [6.45, 7) is 6.43. The number of nitrogens with two attached hydrogens (primary N) is 1. The van der Waals surface area contributed by atoms with E-state index in [-0.39, 0.29) is 0 Å². The number of rotatable bonds is 3. The highest BCUT2D eigenvalue weighted by Crippen LogP contribution is 2.08. The molecule has 0 aliphatic carbocycles. The Morgan fingerprint density at radius 1 is 1.43 bits per heavy atom. The van der Waals surface area contributed by atoms with E-state index in [2.05, 4.69) is 0 Å². The molecule has 0 radical (unpaired) electrons. The molecule has 0 bridgehead atoms. The molecule has 0 amide bonds. The summed E-state index contributed by atoms with van der Waals surface area (Å²) in [5, 5.41) is 4.69. The highest BCUT2D eigenvalue weighted by Gasteiger charge is 2.23. The number of esters is 1. The third-order valence-electron chi connectivity index (χ3n) is 1.10. The van der Waals surface area contributed by atoms with Gasteiger partial charge >= 0.3 is 5.97 Å². The van der Waals surface area contributed by atoms with Crippen molar-refractivity contribution in [3.8, 4) is 0 Å². The Morgan fingerprint density at radius 3 is 2.14 bits per heavy atom. The van der Waals surface area contributed by atoms with Crippen LogP contribution < -0.4 is 9.86 Å². The Kier molecular flexibility index (Phi) is 4.04. The minimum Gasteiger partial charge on any atom is -0.459 e. The summed E-state index contributed by atoms with van der Waals surface area (Å²) < 4.78 is 28.0. The van der Waals surface area contributed by atoms with Gasteiger partial charge < -0.3 is 4.74 Å². The second-order valence-corrected chi connectivity index (χ2v) is 5.24. The van der Waals surface area contributed by atoms with Gasteiger partial charge in [0.05, 0.1) is 0 Å². The zero-order valence-corrected chi connectivity index (χ0v) is 9.51. The monoisotopic (exact) mass is 224 g/mol. The predicted octanol–water partition coefficient (Wildman–Crippen LogP) is -0.490. The summed E-state index contributed by atoms with van der Waals surface area (Å²) in [6.07, 6.45) is 0. The van der Waals surface area contributed by atoms with Crippen LogP contribution in [0.4, 0.5) is 0 Å². The predicted molar refractivity (Wildman–Crippen MR) is 51.5 cm³/mol. The highest BCUT2D eigenvalue weighted by molar-refractivity contribution is 7.87. The average Bonchev–Trinajstić information content (AvgIpc) is 1.78. The Hall–Kier alpha value is -0.660. The zero-order valence-electron chi connectivity index (χ0n) is 8.70. The van der Waals surface area contributed by atoms with Crippen molar-refractivity contribution in [2.45, 2.75) is 39.3 Å². The largest absolute Gasteiger partial charge is 0.459 e. The van der Waals surface area contributed by atoms with Crippen molar-refractivity contribution in [1.82, 2.24) is 4.72 Å². The van der Waals surface area contributed by atoms with Gasteiger partial charge in [-0.15, -0.1) is 0 Å². The molecule has 0 aromatic heterocycles. The SMILES string of the molecule is C[C@@H](NS(N)(=O)=O)C(=O)OC(C)(C)C. The van der Waals surface area contributed by atoms with Gasteiger partial charge in [-0.1, -0.05) is 0 Å². The van der Waals surface area contributed by atoms with E-state index in [1.165, 1.54) is 6.92 Å². The van der Waals surface area contributed by atoms with Gasteiger partial charge in [0.1, 0.15) is 11.6 Å². The summed E-state index contributed by atoms with van der Waals surface area (Å²) in [4.78, 5) is 11.2. The van der Waals surface area contributed by atoms with Crippen molar-refractivity contribution >= 4 is 16.2 Å². The van der Waals surface area contributed by atoms with Crippen LogP contribution in [0.5, 0.6) is 0 Å². The van der Waals surface area contributed by atoms with Crippen molar-refractivity contribution in [3.63, 3.8) is 0 Å². The molecule has 1 atom stereocenters. The van der Waals surface area contributed by atoms with E-state index in [9.17, 15) is 13.2 Å². The molecule has 14 heavy (non-hydrogen) atoms. The van der Waals surface area contributed by atoms with Crippen LogP contribution in [0.2, 0.25) is 0 Å². The molecule has 3 N–H and O–H groups in total. The summed E-state index contributed by atoms with van der Waals surface area (Å²) in [5.41, 5.74) is -0.647. The quantitative estimate of drug-likeness (QED) is 0.632. The third-order valence-corrected chi connectivity index (χ3v) is 1.78.